The summed E-state index contributed by atoms with van der Waals surface area (Å²) in [5, 5.41) is 4.85. The number of hydrogen-bond donors (Lipinski definition) is 0. The van der Waals surface area contributed by atoms with Gasteiger partial charge in [-0.3, -0.25) is 4.57 Å². The molecule has 60 heavy (non-hydrogen) atoms. The van der Waals surface area contributed by atoms with Crippen molar-refractivity contribution >= 4 is 43.6 Å². The second-order valence-corrected chi connectivity index (χ2v) is 16.7. The van der Waals surface area contributed by atoms with Gasteiger partial charge in [0.2, 0.25) is 5.95 Å². The summed E-state index contributed by atoms with van der Waals surface area (Å²) < 4.78 is 4.60. The first-order valence-electron chi connectivity index (χ1n) is 20.6. The molecule has 3 aromatic heterocycles. The van der Waals surface area contributed by atoms with Gasteiger partial charge in [0.25, 0.3) is 0 Å². The molecule has 0 radical (unpaired) electrons. The molecule has 11 aromatic rings. The number of para-hydroxylation sites is 2. The lowest BCUT2D eigenvalue weighted by molar-refractivity contribution is 0.591. The zero-order valence-electron chi connectivity index (χ0n) is 33.8. The van der Waals surface area contributed by atoms with Crippen molar-refractivity contribution in [3.63, 3.8) is 0 Å². The first kappa shape index (κ1) is 35.6. The minimum Gasteiger partial charge on any atom is -0.309 e. The molecule has 0 saturated carbocycles. The van der Waals surface area contributed by atoms with Crippen molar-refractivity contribution in [3.8, 4) is 56.3 Å². The minimum atomic E-state index is -0.0124. The summed E-state index contributed by atoms with van der Waals surface area (Å²) in [6.45, 7) is 6.83. The predicted molar refractivity (Wildman–Crippen MR) is 251 cm³/mol. The van der Waals surface area contributed by atoms with Crippen LogP contribution in [0.2, 0.25) is 0 Å². The number of nitrogens with zero attached hydrogens (tertiary/aromatic N) is 4. The molecule has 0 N–H and O–H groups in total. The van der Waals surface area contributed by atoms with Crippen molar-refractivity contribution in [2.45, 2.75) is 26.2 Å². The van der Waals surface area contributed by atoms with Crippen LogP contribution in [0.3, 0.4) is 0 Å². The van der Waals surface area contributed by atoms with Gasteiger partial charge in [0.05, 0.1) is 27.8 Å². The zero-order chi connectivity index (χ0) is 40.4. The maximum atomic E-state index is 5.27. The molecular weight excluding hydrogens is 729 g/mol. The third-order valence-corrected chi connectivity index (χ3v) is 12.0. The Hall–Kier alpha value is -7.56. The largest absolute Gasteiger partial charge is 0.309 e. The van der Waals surface area contributed by atoms with Crippen LogP contribution >= 0.6 is 0 Å². The Labute approximate surface area is 349 Å². The van der Waals surface area contributed by atoms with E-state index in [-0.39, 0.29) is 5.41 Å². The highest BCUT2D eigenvalue weighted by Gasteiger charge is 2.21. The third kappa shape index (κ3) is 6.08. The fraction of sp³-hybridized carbons (Fsp3) is 0.0714. The van der Waals surface area contributed by atoms with Crippen LogP contribution < -0.4 is 0 Å². The summed E-state index contributed by atoms with van der Waals surface area (Å²) in [6, 6.07) is 69.9. The molecular formula is C56H42N4. The monoisotopic (exact) mass is 770 g/mol. The molecule has 0 aliphatic carbocycles. The molecule has 286 valence electrons. The molecule has 0 unspecified atom stereocenters. The Kier molecular flexibility index (Phi) is 8.35. The van der Waals surface area contributed by atoms with Crippen LogP contribution in [0, 0.1) is 0 Å². The SMILES string of the molecule is CC(C)(C)c1ccc2c(c1)c1cc(-c3ccc4c(c3)c3ccccc3n4-c3ccccc3)ccc1n2-c1nccc(-c2cccc(-c3ccc(-c4ccccc4)cc3)c2)n1. The molecule has 0 saturated heterocycles. The van der Waals surface area contributed by atoms with E-state index in [2.05, 4.69) is 218 Å². The molecule has 4 nitrogen and oxygen atoms in total. The highest BCUT2D eigenvalue weighted by atomic mass is 15.2. The smallest absolute Gasteiger partial charge is 0.235 e. The lowest BCUT2D eigenvalue weighted by atomic mass is 9.86. The lowest BCUT2D eigenvalue weighted by Crippen LogP contribution is -2.10. The number of hydrogen-bond acceptors (Lipinski definition) is 2. The summed E-state index contributed by atoms with van der Waals surface area (Å²) >= 11 is 0. The Morgan fingerprint density at radius 2 is 0.867 bits per heavy atom. The summed E-state index contributed by atoms with van der Waals surface area (Å²) in [6.07, 6.45) is 1.88. The summed E-state index contributed by atoms with van der Waals surface area (Å²) in [4.78, 5) is 10.2. The van der Waals surface area contributed by atoms with Gasteiger partial charge in [0.1, 0.15) is 0 Å². The lowest BCUT2D eigenvalue weighted by Gasteiger charge is -2.19. The van der Waals surface area contributed by atoms with Crippen LogP contribution in [0.25, 0.3) is 99.9 Å². The van der Waals surface area contributed by atoms with Crippen LogP contribution in [0.5, 0.6) is 0 Å². The normalized spacial score (nSPS) is 11.9. The van der Waals surface area contributed by atoms with Crippen LogP contribution in [0.1, 0.15) is 26.3 Å². The van der Waals surface area contributed by atoms with Crippen molar-refractivity contribution in [1.82, 2.24) is 19.1 Å². The molecule has 0 aliphatic heterocycles. The molecule has 0 bridgehead atoms. The third-order valence-electron chi connectivity index (χ3n) is 12.0. The van der Waals surface area contributed by atoms with Gasteiger partial charge in [-0.25, -0.2) is 9.97 Å². The molecule has 0 atom stereocenters. The van der Waals surface area contributed by atoms with E-state index in [4.69, 9.17) is 9.97 Å². The van der Waals surface area contributed by atoms with Gasteiger partial charge >= 0.3 is 0 Å². The van der Waals surface area contributed by atoms with E-state index in [1.807, 2.05) is 12.3 Å². The first-order chi connectivity index (χ1) is 29.4. The van der Waals surface area contributed by atoms with Crippen LogP contribution in [-0.4, -0.2) is 19.1 Å². The van der Waals surface area contributed by atoms with Gasteiger partial charge in [0, 0.05) is 39.0 Å². The fourth-order valence-electron chi connectivity index (χ4n) is 8.85. The molecule has 3 heterocycles. The Morgan fingerprint density at radius 3 is 1.58 bits per heavy atom. The molecule has 0 aliphatic rings. The number of rotatable bonds is 6. The van der Waals surface area contributed by atoms with Gasteiger partial charge in [0.15, 0.2) is 0 Å². The van der Waals surface area contributed by atoms with Gasteiger partial charge in [-0.15, -0.1) is 0 Å². The highest BCUT2D eigenvalue weighted by Crippen LogP contribution is 2.39. The molecule has 11 rings (SSSR count). The van der Waals surface area contributed by atoms with Gasteiger partial charge in [-0.1, -0.05) is 148 Å². The number of aromatic nitrogens is 4. The van der Waals surface area contributed by atoms with E-state index >= 15 is 0 Å². The average Bonchev–Trinajstić information content (AvgIpc) is 3.81. The van der Waals surface area contributed by atoms with Crippen molar-refractivity contribution in [2.24, 2.45) is 0 Å². The van der Waals surface area contributed by atoms with E-state index in [9.17, 15) is 0 Å². The van der Waals surface area contributed by atoms with Crippen molar-refractivity contribution in [2.75, 3.05) is 0 Å². The van der Waals surface area contributed by atoms with Crippen LogP contribution in [-0.2, 0) is 5.41 Å². The van der Waals surface area contributed by atoms with Crippen molar-refractivity contribution in [3.05, 3.63) is 206 Å². The molecule has 0 amide bonds. The van der Waals surface area contributed by atoms with E-state index in [1.54, 1.807) is 0 Å². The van der Waals surface area contributed by atoms with E-state index in [0.29, 0.717) is 5.95 Å². The molecule has 4 heteroatoms. The molecule has 0 fully saturated rings. The van der Waals surface area contributed by atoms with Gasteiger partial charge in [-0.05, 0) is 111 Å². The first-order valence-corrected chi connectivity index (χ1v) is 20.6. The standard InChI is InChI=1S/C56H42N4/c1-56(2,3)44-27-30-54-49(36-44)48-35-42(41-25-28-52-47(34-41)46-19-10-11-20-51(46)59(52)45-17-8-5-9-18-45)26-29-53(48)60(54)55-57-32-31-50(58-55)43-16-12-15-40(33-43)39-23-21-38(22-24-39)37-13-6-4-7-14-37/h4-36H,1-3H3. The van der Waals surface area contributed by atoms with Gasteiger partial charge < -0.3 is 4.57 Å². The summed E-state index contributed by atoms with van der Waals surface area (Å²) in [5.74, 6) is 0.650. The van der Waals surface area contributed by atoms with Gasteiger partial charge in [-0.2, -0.15) is 0 Å². The van der Waals surface area contributed by atoms with Crippen molar-refractivity contribution in [1.29, 1.82) is 0 Å². The zero-order valence-corrected chi connectivity index (χ0v) is 33.8. The Bertz CT molecular complexity index is 3390. The Balaban J connectivity index is 1.02. The average molecular weight is 771 g/mol. The minimum absolute atomic E-state index is 0.0124. The van der Waals surface area contributed by atoms with Crippen LogP contribution in [0.15, 0.2) is 200 Å². The van der Waals surface area contributed by atoms with Crippen molar-refractivity contribution < 1.29 is 0 Å². The second-order valence-electron chi connectivity index (χ2n) is 16.7. The predicted octanol–water partition coefficient (Wildman–Crippen LogP) is 14.6. The van der Waals surface area contributed by atoms with E-state index in [0.717, 1.165) is 33.5 Å². The van der Waals surface area contributed by atoms with E-state index in [1.165, 1.54) is 66.0 Å². The molecule has 8 aromatic carbocycles. The summed E-state index contributed by atoms with van der Waals surface area (Å²) in [7, 11) is 0. The topological polar surface area (TPSA) is 35.6 Å². The maximum Gasteiger partial charge on any atom is 0.235 e. The maximum absolute atomic E-state index is 5.27. The highest BCUT2D eigenvalue weighted by molar-refractivity contribution is 6.12. The fourth-order valence-corrected chi connectivity index (χ4v) is 8.85. The van der Waals surface area contributed by atoms with E-state index < -0.39 is 0 Å². The Morgan fingerprint density at radius 1 is 0.367 bits per heavy atom. The summed E-state index contributed by atoms with van der Waals surface area (Å²) in [5.41, 5.74) is 16.0. The number of fused-ring (bicyclic) bond motifs is 6. The molecule has 0 spiro atoms. The quantitative estimate of drug-likeness (QED) is 0.169. The number of benzene rings is 8. The second kappa shape index (κ2) is 14.1. The van der Waals surface area contributed by atoms with Crippen LogP contribution in [0.4, 0.5) is 0 Å².